The summed E-state index contributed by atoms with van der Waals surface area (Å²) in [5, 5.41) is 3.57. The summed E-state index contributed by atoms with van der Waals surface area (Å²) in [6, 6.07) is 4.29. The fourth-order valence-corrected chi connectivity index (χ4v) is 2.89. The molecule has 2 rings (SSSR count). The molecule has 2 unspecified atom stereocenters. The summed E-state index contributed by atoms with van der Waals surface area (Å²) in [4.78, 5) is 0. The molecule has 100 valence electrons. The quantitative estimate of drug-likeness (QED) is 0.899. The van der Waals surface area contributed by atoms with Gasteiger partial charge >= 0.3 is 0 Å². The second-order valence-electron chi connectivity index (χ2n) is 4.52. The summed E-state index contributed by atoms with van der Waals surface area (Å²) in [7, 11) is 1.69. The van der Waals surface area contributed by atoms with Crippen LogP contribution < -0.4 is 14.8 Å². The molecule has 0 bridgehead atoms. The average Bonchev–Trinajstić information content (AvgIpc) is 2.74. The highest BCUT2D eigenvalue weighted by Crippen LogP contribution is 2.44. The van der Waals surface area contributed by atoms with E-state index in [-0.39, 0.29) is 12.1 Å². The summed E-state index contributed by atoms with van der Waals surface area (Å²) < 4.78 is 12.3. The van der Waals surface area contributed by atoms with Crippen molar-refractivity contribution in [3.8, 4) is 11.5 Å². The van der Waals surface area contributed by atoms with E-state index >= 15 is 0 Å². The molecule has 1 aromatic rings. The van der Waals surface area contributed by atoms with Crippen LogP contribution in [0.4, 0.5) is 0 Å². The van der Waals surface area contributed by atoms with Crippen molar-refractivity contribution < 1.29 is 9.47 Å². The molecule has 3 nitrogen and oxygen atoms in total. The number of hydrogen-bond donors (Lipinski definition) is 1. The molecule has 4 heteroatoms. The van der Waals surface area contributed by atoms with E-state index < -0.39 is 0 Å². The van der Waals surface area contributed by atoms with Gasteiger partial charge in [-0.2, -0.15) is 0 Å². The van der Waals surface area contributed by atoms with Crippen LogP contribution >= 0.6 is 15.9 Å². The van der Waals surface area contributed by atoms with E-state index in [1.165, 1.54) is 5.56 Å². The highest BCUT2D eigenvalue weighted by Gasteiger charge is 2.34. The molecule has 1 heterocycles. The van der Waals surface area contributed by atoms with Crippen LogP contribution in [0.3, 0.4) is 0 Å². The Balaban J connectivity index is 2.34. The van der Waals surface area contributed by atoms with Crippen LogP contribution in [0.1, 0.15) is 38.3 Å². The lowest BCUT2D eigenvalue weighted by Crippen LogP contribution is -2.31. The topological polar surface area (TPSA) is 30.5 Å². The van der Waals surface area contributed by atoms with Crippen LogP contribution in [0.25, 0.3) is 0 Å². The third-order valence-corrected chi connectivity index (χ3v) is 3.86. The van der Waals surface area contributed by atoms with Gasteiger partial charge in [-0.25, -0.2) is 0 Å². The summed E-state index contributed by atoms with van der Waals surface area (Å²) in [5.41, 5.74) is 1.20. The molecule has 1 aliphatic rings. The Hall–Kier alpha value is -0.740. The summed E-state index contributed by atoms with van der Waals surface area (Å²) in [6.07, 6.45) is 2.31. The molecule has 0 saturated heterocycles. The highest BCUT2D eigenvalue weighted by atomic mass is 79.9. The van der Waals surface area contributed by atoms with Crippen molar-refractivity contribution in [2.45, 2.75) is 38.8 Å². The zero-order valence-corrected chi connectivity index (χ0v) is 12.7. The van der Waals surface area contributed by atoms with Gasteiger partial charge < -0.3 is 14.8 Å². The van der Waals surface area contributed by atoms with Crippen molar-refractivity contribution in [2.75, 3.05) is 13.7 Å². The zero-order chi connectivity index (χ0) is 13.1. The molecule has 2 atom stereocenters. The molecular weight excluding hydrogens is 294 g/mol. The minimum atomic E-state index is 0.204. The first kappa shape index (κ1) is 13.7. The van der Waals surface area contributed by atoms with E-state index in [0.29, 0.717) is 0 Å². The van der Waals surface area contributed by atoms with Gasteiger partial charge in [-0.1, -0.05) is 13.8 Å². The average molecular weight is 314 g/mol. The first-order chi connectivity index (χ1) is 8.71. The molecule has 0 fully saturated rings. The Labute approximate surface area is 117 Å². The van der Waals surface area contributed by atoms with Crippen LogP contribution in [0.15, 0.2) is 16.6 Å². The summed E-state index contributed by atoms with van der Waals surface area (Å²) in [6.45, 7) is 5.33. The zero-order valence-electron chi connectivity index (χ0n) is 11.1. The molecule has 18 heavy (non-hydrogen) atoms. The summed E-state index contributed by atoms with van der Waals surface area (Å²) in [5.74, 6) is 1.82. The Kier molecular flexibility index (Phi) is 4.51. The Morgan fingerprint density at radius 2 is 2.17 bits per heavy atom. The molecule has 0 aromatic heterocycles. The Morgan fingerprint density at radius 3 is 2.78 bits per heavy atom. The van der Waals surface area contributed by atoms with Gasteiger partial charge in [0.05, 0.1) is 17.6 Å². The molecular formula is C14H20BrNO2. The molecule has 1 aliphatic heterocycles. The van der Waals surface area contributed by atoms with E-state index in [4.69, 9.17) is 9.47 Å². The van der Waals surface area contributed by atoms with E-state index in [1.807, 2.05) is 6.07 Å². The fraction of sp³-hybridized carbons (Fsp3) is 0.571. The first-order valence-electron chi connectivity index (χ1n) is 6.48. The number of methoxy groups -OCH3 is 1. The van der Waals surface area contributed by atoms with Gasteiger partial charge in [0, 0.05) is 5.56 Å². The highest BCUT2D eigenvalue weighted by molar-refractivity contribution is 9.10. The Bertz CT molecular complexity index is 423. The van der Waals surface area contributed by atoms with Crippen molar-refractivity contribution in [3.63, 3.8) is 0 Å². The predicted molar refractivity (Wildman–Crippen MR) is 76.4 cm³/mol. The van der Waals surface area contributed by atoms with Crippen molar-refractivity contribution in [1.82, 2.24) is 5.32 Å². The number of halogens is 1. The van der Waals surface area contributed by atoms with Gasteiger partial charge in [-0.15, -0.1) is 0 Å². The second kappa shape index (κ2) is 5.93. The van der Waals surface area contributed by atoms with Gasteiger partial charge in [-0.05, 0) is 47.4 Å². The van der Waals surface area contributed by atoms with Gasteiger partial charge in [0.25, 0.3) is 0 Å². The standard InChI is InChI=1S/C14H20BrNO2/c1-4-6-16-13-10-7-9(17-3)8-11(15)14(10)18-12(13)5-2/h7-8,12-13,16H,4-6H2,1-3H3. The van der Waals surface area contributed by atoms with Crippen LogP contribution in [0.5, 0.6) is 11.5 Å². The van der Waals surface area contributed by atoms with E-state index in [9.17, 15) is 0 Å². The van der Waals surface area contributed by atoms with Gasteiger partial charge in [0.1, 0.15) is 17.6 Å². The number of ether oxygens (including phenoxy) is 2. The van der Waals surface area contributed by atoms with E-state index in [1.54, 1.807) is 7.11 Å². The van der Waals surface area contributed by atoms with Crippen molar-refractivity contribution in [2.24, 2.45) is 0 Å². The second-order valence-corrected chi connectivity index (χ2v) is 5.38. The lowest BCUT2D eigenvalue weighted by atomic mass is 10.0. The van der Waals surface area contributed by atoms with Crippen LogP contribution in [0.2, 0.25) is 0 Å². The molecule has 0 amide bonds. The maximum Gasteiger partial charge on any atom is 0.139 e. The number of hydrogen-bond acceptors (Lipinski definition) is 3. The monoisotopic (exact) mass is 313 g/mol. The lowest BCUT2D eigenvalue weighted by Gasteiger charge is -2.18. The maximum absolute atomic E-state index is 6.03. The molecule has 1 N–H and O–H groups in total. The molecule has 0 aliphatic carbocycles. The van der Waals surface area contributed by atoms with Crippen molar-refractivity contribution in [1.29, 1.82) is 0 Å². The van der Waals surface area contributed by atoms with Crippen molar-refractivity contribution in [3.05, 3.63) is 22.2 Å². The van der Waals surface area contributed by atoms with Gasteiger partial charge in [0.2, 0.25) is 0 Å². The minimum Gasteiger partial charge on any atom is -0.497 e. The van der Waals surface area contributed by atoms with Gasteiger partial charge in [0.15, 0.2) is 0 Å². The van der Waals surface area contributed by atoms with Crippen molar-refractivity contribution >= 4 is 15.9 Å². The maximum atomic E-state index is 6.03. The summed E-state index contributed by atoms with van der Waals surface area (Å²) >= 11 is 3.56. The largest absolute Gasteiger partial charge is 0.497 e. The first-order valence-corrected chi connectivity index (χ1v) is 7.28. The molecule has 0 saturated carbocycles. The fourth-order valence-electron chi connectivity index (χ4n) is 2.34. The number of benzene rings is 1. The third kappa shape index (κ3) is 2.50. The normalized spacial score (nSPS) is 21.6. The number of fused-ring (bicyclic) bond motifs is 1. The lowest BCUT2D eigenvalue weighted by molar-refractivity contribution is 0.184. The van der Waals surface area contributed by atoms with Crippen LogP contribution in [-0.4, -0.2) is 19.8 Å². The Morgan fingerprint density at radius 1 is 1.39 bits per heavy atom. The number of nitrogens with one attached hydrogen (secondary N) is 1. The van der Waals surface area contributed by atoms with Gasteiger partial charge in [-0.3, -0.25) is 0 Å². The smallest absolute Gasteiger partial charge is 0.139 e. The van der Waals surface area contributed by atoms with Crippen LogP contribution in [-0.2, 0) is 0 Å². The molecule has 1 aromatic carbocycles. The van der Waals surface area contributed by atoms with E-state index in [2.05, 4.69) is 41.2 Å². The molecule has 0 spiro atoms. The van der Waals surface area contributed by atoms with Crippen LogP contribution in [0, 0.1) is 0 Å². The number of rotatable bonds is 5. The SMILES string of the molecule is CCCNC1c2cc(OC)cc(Br)c2OC1CC. The predicted octanol–water partition coefficient (Wildman–Crippen LogP) is 3.67. The molecule has 0 radical (unpaired) electrons. The van der Waals surface area contributed by atoms with E-state index in [0.717, 1.165) is 35.4 Å². The third-order valence-electron chi connectivity index (χ3n) is 3.27. The minimum absolute atomic E-state index is 0.204.